The van der Waals surface area contributed by atoms with Gasteiger partial charge in [0.1, 0.15) is 0 Å². The Morgan fingerprint density at radius 1 is 1.62 bits per heavy atom. The third-order valence-corrected chi connectivity index (χ3v) is 1.91. The topological polar surface area (TPSA) is 20.2 Å². The molecule has 1 N–H and O–H groups in total. The SMILES string of the molecule is CC(CO)CCCI. The Bertz CT molecular complexity index is 47.8. The molecular formula is C6H13IO. The Hall–Kier alpha value is 0.690. The summed E-state index contributed by atoms with van der Waals surface area (Å²) in [5.74, 6) is 0.504. The van der Waals surface area contributed by atoms with Gasteiger partial charge in [-0.1, -0.05) is 29.5 Å². The largest absolute Gasteiger partial charge is 0.396 e. The summed E-state index contributed by atoms with van der Waals surface area (Å²) in [4.78, 5) is 0. The van der Waals surface area contributed by atoms with Crippen molar-refractivity contribution in [3.63, 3.8) is 0 Å². The monoisotopic (exact) mass is 228 g/mol. The summed E-state index contributed by atoms with van der Waals surface area (Å²) in [6.07, 6.45) is 2.40. The van der Waals surface area contributed by atoms with Crippen molar-refractivity contribution >= 4 is 22.6 Å². The molecule has 0 aromatic rings. The number of hydrogen-bond acceptors (Lipinski definition) is 1. The third kappa shape index (κ3) is 4.84. The summed E-state index contributed by atoms with van der Waals surface area (Å²) in [6.45, 7) is 2.42. The maximum absolute atomic E-state index is 8.56. The van der Waals surface area contributed by atoms with Crippen LogP contribution in [0, 0.1) is 5.92 Å². The maximum Gasteiger partial charge on any atom is 0.0456 e. The van der Waals surface area contributed by atoms with E-state index in [1.807, 2.05) is 0 Å². The van der Waals surface area contributed by atoms with Crippen LogP contribution in [0.15, 0.2) is 0 Å². The third-order valence-electron chi connectivity index (χ3n) is 1.14. The molecule has 0 saturated carbocycles. The Balaban J connectivity index is 2.86. The zero-order valence-corrected chi connectivity index (χ0v) is 7.39. The molecule has 8 heavy (non-hydrogen) atoms. The number of alkyl halides is 1. The molecule has 1 nitrogen and oxygen atoms in total. The normalized spacial score (nSPS) is 13.9. The highest BCUT2D eigenvalue weighted by Gasteiger charge is 1.96. The number of halogens is 1. The van der Waals surface area contributed by atoms with Crippen LogP contribution in [0.4, 0.5) is 0 Å². The van der Waals surface area contributed by atoms with Gasteiger partial charge in [0.05, 0.1) is 0 Å². The second kappa shape index (κ2) is 5.82. The minimum Gasteiger partial charge on any atom is -0.396 e. The molecule has 2 heteroatoms. The fraction of sp³-hybridized carbons (Fsp3) is 1.00. The summed E-state index contributed by atoms with van der Waals surface area (Å²) in [5.41, 5.74) is 0. The van der Waals surface area contributed by atoms with Crippen LogP contribution in [0.5, 0.6) is 0 Å². The Morgan fingerprint density at radius 2 is 2.25 bits per heavy atom. The van der Waals surface area contributed by atoms with E-state index < -0.39 is 0 Å². The summed E-state index contributed by atoms with van der Waals surface area (Å²) >= 11 is 2.36. The van der Waals surface area contributed by atoms with Crippen LogP contribution in [0.1, 0.15) is 19.8 Å². The van der Waals surface area contributed by atoms with Crippen molar-refractivity contribution in [1.82, 2.24) is 0 Å². The Kier molecular flexibility index (Phi) is 6.32. The minimum absolute atomic E-state index is 0.344. The van der Waals surface area contributed by atoms with Gasteiger partial charge in [-0.25, -0.2) is 0 Å². The number of hydrogen-bond donors (Lipinski definition) is 1. The smallest absolute Gasteiger partial charge is 0.0456 e. The molecule has 0 radical (unpaired) electrons. The van der Waals surface area contributed by atoms with Crippen molar-refractivity contribution in [3.05, 3.63) is 0 Å². The molecule has 0 amide bonds. The van der Waals surface area contributed by atoms with Crippen molar-refractivity contribution in [2.45, 2.75) is 19.8 Å². The molecule has 0 aromatic carbocycles. The number of aliphatic hydroxyl groups excluding tert-OH is 1. The minimum atomic E-state index is 0.344. The molecule has 0 aliphatic rings. The lowest BCUT2D eigenvalue weighted by molar-refractivity contribution is 0.230. The highest BCUT2D eigenvalue weighted by atomic mass is 127. The second-order valence-corrected chi connectivity index (χ2v) is 3.20. The molecule has 0 fully saturated rings. The zero-order valence-electron chi connectivity index (χ0n) is 5.23. The van der Waals surface area contributed by atoms with E-state index in [2.05, 4.69) is 29.5 Å². The molecule has 0 rings (SSSR count). The van der Waals surface area contributed by atoms with E-state index in [1.165, 1.54) is 17.3 Å². The first-order valence-corrected chi connectivity index (χ1v) is 4.50. The summed E-state index contributed by atoms with van der Waals surface area (Å²) < 4.78 is 1.21. The van der Waals surface area contributed by atoms with Gasteiger partial charge in [-0.2, -0.15) is 0 Å². The summed E-state index contributed by atoms with van der Waals surface area (Å²) in [7, 11) is 0. The molecular weight excluding hydrogens is 215 g/mol. The standard InChI is InChI=1S/C6H13IO/c1-6(5-8)3-2-4-7/h6,8H,2-5H2,1H3. The first-order chi connectivity index (χ1) is 3.81. The molecule has 0 bridgehead atoms. The average molecular weight is 228 g/mol. The van der Waals surface area contributed by atoms with Gasteiger partial charge in [0.2, 0.25) is 0 Å². The molecule has 0 aliphatic heterocycles. The van der Waals surface area contributed by atoms with Crippen LogP contribution >= 0.6 is 22.6 Å². The van der Waals surface area contributed by atoms with Crippen molar-refractivity contribution in [3.8, 4) is 0 Å². The molecule has 0 aromatic heterocycles. The lowest BCUT2D eigenvalue weighted by Gasteiger charge is -2.03. The van der Waals surface area contributed by atoms with Crippen molar-refractivity contribution in [2.75, 3.05) is 11.0 Å². The van der Waals surface area contributed by atoms with E-state index in [0.29, 0.717) is 12.5 Å². The van der Waals surface area contributed by atoms with Gasteiger partial charge < -0.3 is 5.11 Å². The summed E-state index contributed by atoms with van der Waals surface area (Å²) in [5, 5.41) is 8.56. The molecule has 0 saturated heterocycles. The highest BCUT2D eigenvalue weighted by Crippen LogP contribution is 2.04. The summed E-state index contributed by atoms with van der Waals surface area (Å²) in [6, 6.07) is 0. The lowest BCUT2D eigenvalue weighted by atomic mass is 10.1. The van der Waals surface area contributed by atoms with Gasteiger partial charge in [-0.05, 0) is 23.2 Å². The highest BCUT2D eigenvalue weighted by molar-refractivity contribution is 14.1. The van der Waals surface area contributed by atoms with Crippen molar-refractivity contribution < 1.29 is 5.11 Å². The van der Waals surface area contributed by atoms with Crippen molar-refractivity contribution in [2.24, 2.45) is 5.92 Å². The molecule has 0 heterocycles. The van der Waals surface area contributed by atoms with Gasteiger partial charge >= 0.3 is 0 Å². The van der Waals surface area contributed by atoms with E-state index in [-0.39, 0.29) is 0 Å². The van der Waals surface area contributed by atoms with Crippen LogP contribution in [0.3, 0.4) is 0 Å². The molecule has 1 unspecified atom stereocenters. The quantitative estimate of drug-likeness (QED) is 0.574. The van der Waals surface area contributed by atoms with Gasteiger partial charge in [-0.15, -0.1) is 0 Å². The lowest BCUT2D eigenvalue weighted by Crippen LogP contribution is -1.99. The molecule has 50 valence electrons. The van der Waals surface area contributed by atoms with Crippen LogP contribution in [0.2, 0.25) is 0 Å². The van der Waals surface area contributed by atoms with Crippen molar-refractivity contribution in [1.29, 1.82) is 0 Å². The van der Waals surface area contributed by atoms with E-state index in [9.17, 15) is 0 Å². The first-order valence-electron chi connectivity index (χ1n) is 2.98. The van der Waals surface area contributed by atoms with E-state index in [4.69, 9.17) is 5.11 Å². The maximum atomic E-state index is 8.56. The van der Waals surface area contributed by atoms with E-state index in [0.717, 1.165) is 0 Å². The number of aliphatic hydroxyl groups is 1. The molecule has 0 spiro atoms. The Morgan fingerprint density at radius 3 is 2.62 bits per heavy atom. The van der Waals surface area contributed by atoms with Gasteiger partial charge in [0, 0.05) is 6.61 Å². The zero-order chi connectivity index (χ0) is 6.41. The van der Waals surface area contributed by atoms with Crippen LogP contribution in [-0.2, 0) is 0 Å². The van der Waals surface area contributed by atoms with Crippen LogP contribution in [0.25, 0.3) is 0 Å². The van der Waals surface area contributed by atoms with Crippen LogP contribution in [-0.4, -0.2) is 16.1 Å². The van der Waals surface area contributed by atoms with Gasteiger partial charge in [-0.3, -0.25) is 0 Å². The predicted octanol–water partition coefficient (Wildman–Crippen LogP) is 1.83. The van der Waals surface area contributed by atoms with E-state index in [1.54, 1.807) is 0 Å². The van der Waals surface area contributed by atoms with Gasteiger partial charge in [0.25, 0.3) is 0 Å². The first kappa shape index (κ1) is 8.69. The average Bonchev–Trinajstić information content (AvgIpc) is 1.83. The van der Waals surface area contributed by atoms with Gasteiger partial charge in [0.15, 0.2) is 0 Å². The van der Waals surface area contributed by atoms with E-state index >= 15 is 0 Å². The Labute approximate surface area is 64.6 Å². The second-order valence-electron chi connectivity index (χ2n) is 2.12. The number of rotatable bonds is 4. The molecule has 0 aliphatic carbocycles. The van der Waals surface area contributed by atoms with Crippen LogP contribution < -0.4 is 0 Å². The predicted molar refractivity (Wildman–Crippen MR) is 44.4 cm³/mol. The fourth-order valence-electron chi connectivity index (χ4n) is 0.517. The molecule has 1 atom stereocenters. The fourth-order valence-corrected chi connectivity index (χ4v) is 0.957.